The summed E-state index contributed by atoms with van der Waals surface area (Å²) in [6.07, 6.45) is 57.0. The van der Waals surface area contributed by atoms with Crippen molar-refractivity contribution in [3.63, 3.8) is 0 Å². The molecule has 0 aliphatic rings. The van der Waals surface area contributed by atoms with Crippen LogP contribution in [0.15, 0.2) is 60.8 Å². The quantitative estimate of drug-likeness (QED) is 0.0269. The smallest absolute Gasteiger partial charge is 0.457 e. The lowest BCUT2D eigenvalue weighted by Crippen LogP contribution is -2.28. The molecule has 338 valence electrons. The first kappa shape index (κ1) is 56.2. The van der Waals surface area contributed by atoms with Crippen LogP contribution in [-0.2, 0) is 27.9 Å². The van der Waals surface area contributed by atoms with Crippen molar-refractivity contribution in [3.05, 3.63) is 60.8 Å². The largest absolute Gasteiger partial charge is 0.472 e. The van der Waals surface area contributed by atoms with E-state index >= 15 is 0 Å². The number of hydrogen-bond acceptors (Lipinski definition) is 7. The van der Waals surface area contributed by atoms with E-state index in [1.165, 1.54) is 128 Å². The van der Waals surface area contributed by atoms with Crippen molar-refractivity contribution in [1.29, 1.82) is 0 Å². The monoisotopic (exact) mass is 836 g/mol. The third-order valence-electron chi connectivity index (χ3n) is 9.92. The fraction of sp³-hybridized carbons (Fsp3) is 0.776. The van der Waals surface area contributed by atoms with Gasteiger partial charge in [0.05, 0.1) is 19.8 Å². The minimum absolute atomic E-state index is 0.0773. The van der Waals surface area contributed by atoms with Gasteiger partial charge in [0, 0.05) is 19.6 Å². The molecule has 0 fully saturated rings. The normalized spacial score (nSPS) is 13.9. The van der Waals surface area contributed by atoms with Gasteiger partial charge in [0.1, 0.15) is 6.10 Å². The van der Waals surface area contributed by atoms with Crippen LogP contribution in [0.25, 0.3) is 0 Å². The fourth-order valence-electron chi connectivity index (χ4n) is 6.47. The Morgan fingerprint density at radius 3 is 1.47 bits per heavy atom. The van der Waals surface area contributed by atoms with Gasteiger partial charge in [-0.05, 0) is 70.6 Å². The lowest BCUT2D eigenvalue weighted by molar-refractivity contribution is -0.154. The summed E-state index contributed by atoms with van der Waals surface area (Å²) in [5, 5.41) is 0. The third-order valence-corrected chi connectivity index (χ3v) is 10.9. The lowest BCUT2D eigenvalue weighted by atomic mass is 10.0. The highest BCUT2D eigenvalue weighted by Crippen LogP contribution is 2.43. The summed E-state index contributed by atoms with van der Waals surface area (Å²) in [6, 6.07) is 0. The number of hydrogen-bond donors (Lipinski definition) is 2. The molecular weight excluding hydrogens is 746 g/mol. The van der Waals surface area contributed by atoms with E-state index in [4.69, 9.17) is 24.3 Å². The van der Waals surface area contributed by atoms with E-state index in [1.807, 2.05) is 0 Å². The van der Waals surface area contributed by atoms with E-state index < -0.39 is 13.9 Å². The second-order valence-electron chi connectivity index (χ2n) is 15.6. The van der Waals surface area contributed by atoms with Crippen molar-refractivity contribution >= 4 is 13.8 Å². The molecule has 0 rings (SSSR count). The molecule has 0 bridgehead atoms. The van der Waals surface area contributed by atoms with Gasteiger partial charge in [0.15, 0.2) is 0 Å². The predicted molar refractivity (Wildman–Crippen MR) is 247 cm³/mol. The molecule has 0 aromatic carbocycles. The Labute approximate surface area is 357 Å². The Kier molecular flexibility index (Phi) is 44.8. The topological polar surface area (TPSA) is 117 Å². The molecule has 0 aliphatic heterocycles. The van der Waals surface area contributed by atoms with Crippen LogP contribution in [-0.4, -0.2) is 49.9 Å². The number of esters is 1. The fourth-order valence-corrected chi connectivity index (χ4v) is 7.23. The van der Waals surface area contributed by atoms with Crippen LogP contribution in [0.3, 0.4) is 0 Å². The molecule has 58 heavy (non-hydrogen) atoms. The zero-order chi connectivity index (χ0) is 42.3. The zero-order valence-corrected chi connectivity index (χ0v) is 38.4. The van der Waals surface area contributed by atoms with Crippen LogP contribution < -0.4 is 5.73 Å². The molecule has 0 saturated heterocycles. The molecule has 0 aliphatic carbocycles. The van der Waals surface area contributed by atoms with Crippen molar-refractivity contribution < 1.29 is 32.8 Å². The molecule has 0 heterocycles. The van der Waals surface area contributed by atoms with Crippen molar-refractivity contribution in [3.8, 4) is 0 Å². The van der Waals surface area contributed by atoms with Gasteiger partial charge in [-0.15, -0.1) is 0 Å². The van der Waals surface area contributed by atoms with Crippen LogP contribution in [0.1, 0.15) is 206 Å². The Bertz CT molecular complexity index is 1070. The summed E-state index contributed by atoms with van der Waals surface area (Å²) in [4.78, 5) is 22.5. The maximum absolute atomic E-state index is 12.6. The highest BCUT2D eigenvalue weighted by Gasteiger charge is 2.25. The van der Waals surface area contributed by atoms with Crippen molar-refractivity contribution in [1.82, 2.24) is 0 Å². The molecule has 9 heteroatoms. The SMILES string of the molecule is CC/C=C\C/C=C\C/C=C\C/C=C\CCCOCC(COP(=O)(O)OCCN)OC(=O)CCCCCCCCCCCCCCC/C=C\CCCCCCCCCC. The van der Waals surface area contributed by atoms with Gasteiger partial charge < -0.3 is 20.1 Å². The number of nitrogens with two attached hydrogens (primary N) is 1. The number of allylic oxidation sites excluding steroid dienone is 10. The summed E-state index contributed by atoms with van der Waals surface area (Å²) in [6.45, 7) is 4.66. The second-order valence-corrected chi connectivity index (χ2v) is 17.0. The number of phosphoric acid groups is 1. The van der Waals surface area contributed by atoms with Crippen molar-refractivity contribution in [2.75, 3.05) is 33.0 Å². The zero-order valence-electron chi connectivity index (χ0n) is 37.5. The summed E-state index contributed by atoms with van der Waals surface area (Å²) < 4.78 is 33.4. The lowest BCUT2D eigenvalue weighted by Gasteiger charge is -2.20. The van der Waals surface area contributed by atoms with Gasteiger partial charge in [-0.2, -0.15) is 0 Å². The maximum atomic E-state index is 12.6. The molecule has 8 nitrogen and oxygen atoms in total. The van der Waals surface area contributed by atoms with Crippen LogP contribution in [0.4, 0.5) is 0 Å². The second kappa shape index (κ2) is 46.3. The Hall–Kier alpha value is -1.80. The third kappa shape index (κ3) is 45.3. The summed E-state index contributed by atoms with van der Waals surface area (Å²) in [5.74, 6) is -0.349. The molecule has 0 radical (unpaired) electrons. The van der Waals surface area contributed by atoms with Gasteiger partial charge in [-0.25, -0.2) is 4.57 Å². The Balaban J connectivity index is 3.96. The van der Waals surface area contributed by atoms with E-state index in [0.29, 0.717) is 13.0 Å². The summed E-state index contributed by atoms with van der Waals surface area (Å²) >= 11 is 0. The molecule has 0 aromatic rings. The van der Waals surface area contributed by atoms with Crippen molar-refractivity contribution in [2.24, 2.45) is 5.73 Å². The maximum Gasteiger partial charge on any atom is 0.472 e. The van der Waals surface area contributed by atoms with Crippen LogP contribution >= 0.6 is 7.82 Å². The standard InChI is InChI=1S/C49H90NO7P/c1-3-5-7-9-11-13-15-17-19-20-21-22-23-24-25-26-27-28-29-30-32-34-36-38-40-42-49(51)57-48(47-56-58(52,53)55-45-43-50)46-54-44-41-39-37-35-33-31-18-16-14-12-10-8-6-4-2/h6,8,12,14,18,20-21,31,35,37,48H,3-5,7,9-11,13,15-17,19,22-30,32-34,36,38-47,50H2,1-2H3,(H,52,53)/b8-6-,14-12-,21-20-,31-18-,37-35-. The number of rotatable bonds is 45. The Morgan fingerprint density at radius 1 is 0.534 bits per heavy atom. The van der Waals surface area contributed by atoms with Gasteiger partial charge in [-0.3, -0.25) is 13.8 Å². The first-order chi connectivity index (χ1) is 28.4. The van der Waals surface area contributed by atoms with Gasteiger partial charge in [0.2, 0.25) is 0 Å². The molecule has 2 unspecified atom stereocenters. The highest BCUT2D eigenvalue weighted by atomic mass is 31.2. The minimum Gasteiger partial charge on any atom is -0.457 e. The van der Waals surface area contributed by atoms with Crippen LogP contribution in [0.5, 0.6) is 0 Å². The molecule has 3 N–H and O–H groups in total. The molecule has 0 spiro atoms. The first-order valence-electron chi connectivity index (χ1n) is 23.8. The average Bonchev–Trinajstić information content (AvgIpc) is 3.21. The highest BCUT2D eigenvalue weighted by molar-refractivity contribution is 7.47. The van der Waals surface area contributed by atoms with E-state index in [2.05, 4.69) is 74.6 Å². The number of carbonyl (C=O) groups is 1. The van der Waals surface area contributed by atoms with E-state index in [1.54, 1.807) is 0 Å². The van der Waals surface area contributed by atoms with Crippen LogP contribution in [0.2, 0.25) is 0 Å². The summed E-state index contributed by atoms with van der Waals surface area (Å²) in [7, 11) is -4.29. The predicted octanol–water partition coefficient (Wildman–Crippen LogP) is 14.5. The molecule has 0 saturated carbocycles. The molecule has 0 amide bonds. The average molecular weight is 836 g/mol. The summed E-state index contributed by atoms with van der Waals surface area (Å²) in [5.41, 5.74) is 5.37. The van der Waals surface area contributed by atoms with Gasteiger partial charge >= 0.3 is 13.8 Å². The molecule has 2 atom stereocenters. The number of phosphoric ester groups is 1. The van der Waals surface area contributed by atoms with E-state index in [-0.39, 0.29) is 32.3 Å². The number of carbonyl (C=O) groups excluding carboxylic acids is 1. The molecular formula is C49H90NO7P. The van der Waals surface area contributed by atoms with Crippen LogP contribution in [0, 0.1) is 0 Å². The first-order valence-corrected chi connectivity index (χ1v) is 25.3. The van der Waals surface area contributed by atoms with Gasteiger partial charge in [0.25, 0.3) is 0 Å². The van der Waals surface area contributed by atoms with Gasteiger partial charge in [-0.1, -0.05) is 190 Å². The Morgan fingerprint density at radius 2 is 0.966 bits per heavy atom. The minimum atomic E-state index is -4.29. The number of ether oxygens (including phenoxy) is 2. The number of unbranched alkanes of at least 4 members (excludes halogenated alkanes) is 22. The molecule has 0 aromatic heterocycles. The van der Waals surface area contributed by atoms with Crippen molar-refractivity contribution in [2.45, 2.75) is 213 Å². The van der Waals surface area contributed by atoms with E-state index in [9.17, 15) is 14.3 Å². The van der Waals surface area contributed by atoms with E-state index in [0.717, 1.165) is 57.8 Å².